The van der Waals surface area contributed by atoms with Gasteiger partial charge in [0, 0.05) is 44.0 Å². The van der Waals surface area contributed by atoms with Gasteiger partial charge in [0.25, 0.3) is 5.91 Å². The third-order valence-electron chi connectivity index (χ3n) is 5.72. The van der Waals surface area contributed by atoms with Gasteiger partial charge in [-0.15, -0.1) is 12.4 Å². The summed E-state index contributed by atoms with van der Waals surface area (Å²) in [6.45, 7) is 3.91. The van der Waals surface area contributed by atoms with Crippen LogP contribution in [0.5, 0.6) is 5.75 Å². The number of carbonyl (C=O) groups excluding carboxylic acids is 2. The molecule has 2 saturated heterocycles. The maximum absolute atomic E-state index is 13.0. The van der Waals surface area contributed by atoms with Crippen LogP contribution in [-0.2, 0) is 9.53 Å². The van der Waals surface area contributed by atoms with Crippen molar-refractivity contribution in [3.8, 4) is 5.75 Å². The Hall–Kier alpha value is -2.68. The Kier molecular flexibility index (Phi) is 9.05. The van der Waals surface area contributed by atoms with E-state index in [-0.39, 0.29) is 42.7 Å². The molecule has 33 heavy (non-hydrogen) atoms. The minimum atomic E-state index is -0.343. The molecule has 2 fully saturated rings. The minimum Gasteiger partial charge on any atom is -0.491 e. The van der Waals surface area contributed by atoms with E-state index in [0.29, 0.717) is 44.0 Å². The molecule has 0 spiro atoms. The number of nitrogens with one attached hydrogen (secondary N) is 1. The summed E-state index contributed by atoms with van der Waals surface area (Å²) in [4.78, 5) is 28.8. The lowest BCUT2D eigenvalue weighted by atomic mass is 10.1. The molecule has 2 aliphatic rings. The van der Waals surface area contributed by atoms with Gasteiger partial charge in [0.2, 0.25) is 5.91 Å². The van der Waals surface area contributed by atoms with Gasteiger partial charge in [-0.3, -0.25) is 14.5 Å². The number of carbonyl (C=O) groups is 2. The number of anilines is 1. The fraction of sp³-hybridized carbons (Fsp3) is 0.417. The van der Waals surface area contributed by atoms with Gasteiger partial charge in [0.05, 0.1) is 12.6 Å². The first-order valence-corrected chi connectivity index (χ1v) is 11.0. The van der Waals surface area contributed by atoms with Crippen LogP contribution in [0.25, 0.3) is 0 Å². The molecule has 2 aromatic carbocycles. The van der Waals surface area contributed by atoms with Crippen LogP contribution in [0.1, 0.15) is 23.2 Å². The van der Waals surface area contributed by atoms with E-state index >= 15 is 0 Å². The van der Waals surface area contributed by atoms with Crippen LogP contribution < -0.4 is 10.1 Å². The maximum Gasteiger partial charge on any atom is 0.253 e. The first-order chi connectivity index (χ1) is 15.6. The number of nitrogens with zero attached hydrogens (tertiary/aromatic N) is 2. The molecule has 0 aliphatic carbocycles. The topological polar surface area (TPSA) is 71.1 Å². The summed E-state index contributed by atoms with van der Waals surface area (Å²) < 4.78 is 24.3. The highest BCUT2D eigenvalue weighted by Crippen LogP contribution is 2.18. The second kappa shape index (κ2) is 12.0. The Bertz CT molecular complexity index is 912. The smallest absolute Gasteiger partial charge is 0.253 e. The van der Waals surface area contributed by atoms with E-state index in [1.165, 1.54) is 24.3 Å². The number of ether oxygens (including phenoxy) is 2. The molecule has 0 saturated carbocycles. The Labute approximate surface area is 199 Å². The average molecular weight is 478 g/mol. The second-order valence-corrected chi connectivity index (χ2v) is 8.09. The molecule has 178 valence electrons. The predicted octanol–water partition coefficient (Wildman–Crippen LogP) is 3.20. The summed E-state index contributed by atoms with van der Waals surface area (Å²) in [6.07, 6.45) is 2.26. The first-order valence-electron chi connectivity index (χ1n) is 11.0. The second-order valence-electron chi connectivity index (χ2n) is 8.09. The van der Waals surface area contributed by atoms with Crippen molar-refractivity contribution in [1.82, 2.24) is 9.80 Å². The van der Waals surface area contributed by atoms with Gasteiger partial charge in [0.1, 0.15) is 18.2 Å². The van der Waals surface area contributed by atoms with E-state index in [1.807, 2.05) is 17.0 Å². The van der Waals surface area contributed by atoms with E-state index < -0.39 is 0 Å². The number of amides is 2. The number of benzene rings is 2. The molecule has 2 aliphatic heterocycles. The summed E-state index contributed by atoms with van der Waals surface area (Å²) >= 11 is 0. The van der Waals surface area contributed by atoms with Gasteiger partial charge in [-0.2, -0.15) is 0 Å². The Morgan fingerprint density at radius 3 is 2.36 bits per heavy atom. The summed E-state index contributed by atoms with van der Waals surface area (Å²) in [7, 11) is 0. The molecule has 2 heterocycles. The highest BCUT2D eigenvalue weighted by molar-refractivity contribution is 5.94. The van der Waals surface area contributed by atoms with Crippen LogP contribution >= 0.6 is 12.4 Å². The summed E-state index contributed by atoms with van der Waals surface area (Å²) in [6, 6.07) is 12.9. The minimum absolute atomic E-state index is 0. The standard InChI is InChI=1S/C24H28FN3O4.ClH/c25-19-5-7-20(8-6-19)26-23(29)16-27-11-13-28(14-12-27)24(30)18-3-9-21(10-4-18)32-17-22-2-1-15-31-22;/h3-10,22H,1-2,11-17H2,(H,26,29);1H. The van der Waals surface area contributed by atoms with E-state index in [0.717, 1.165) is 25.2 Å². The van der Waals surface area contributed by atoms with E-state index in [2.05, 4.69) is 5.32 Å². The monoisotopic (exact) mass is 477 g/mol. The molecular weight excluding hydrogens is 449 g/mol. The van der Waals surface area contributed by atoms with Crippen LogP contribution in [0.4, 0.5) is 10.1 Å². The number of rotatable bonds is 7. The molecule has 0 aromatic heterocycles. The highest BCUT2D eigenvalue weighted by Gasteiger charge is 2.23. The van der Waals surface area contributed by atoms with Crippen LogP contribution in [0.15, 0.2) is 48.5 Å². The fourth-order valence-electron chi connectivity index (χ4n) is 3.89. The van der Waals surface area contributed by atoms with Crippen molar-refractivity contribution in [3.05, 3.63) is 59.9 Å². The summed E-state index contributed by atoms with van der Waals surface area (Å²) in [5, 5.41) is 2.76. The number of piperazine rings is 1. The van der Waals surface area contributed by atoms with E-state index in [4.69, 9.17) is 9.47 Å². The fourth-order valence-corrected chi connectivity index (χ4v) is 3.89. The molecule has 0 radical (unpaired) electrons. The van der Waals surface area contributed by atoms with Crippen molar-refractivity contribution < 1.29 is 23.5 Å². The Balaban J connectivity index is 0.00000306. The maximum atomic E-state index is 13.0. The molecule has 2 amide bonds. The lowest BCUT2D eigenvalue weighted by Gasteiger charge is -2.34. The summed E-state index contributed by atoms with van der Waals surface area (Å²) in [5.74, 6) is 0.208. The SMILES string of the molecule is Cl.O=C(CN1CCN(C(=O)c2ccc(OCC3CCCO3)cc2)CC1)Nc1ccc(F)cc1. The predicted molar refractivity (Wildman–Crippen MR) is 126 cm³/mol. The van der Waals surface area contributed by atoms with Gasteiger partial charge < -0.3 is 19.7 Å². The third-order valence-corrected chi connectivity index (χ3v) is 5.72. The van der Waals surface area contributed by atoms with Crippen LogP contribution in [0.3, 0.4) is 0 Å². The van der Waals surface area contributed by atoms with Crippen molar-refractivity contribution in [3.63, 3.8) is 0 Å². The summed E-state index contributed by atoms with van der Waals surface area (Å²) in [5.41, 5.74) is 1.19. The van der Waals surface area contributed by atoms with Gasteiger partial charge in [-0.05, 0) is 61.4 Å². The van der Waals surface area contributed by atoms with Gasteiger partial charge in [-0.25, -0.2) is 4.39 Å². The highest BCUT2D eigenvalue weighted by atomic mass is 35.5. The zero-order chi connectivity index (χ0) is 22.3. The Morgan fingerprint density at radius 1 is 1.03 bits per heavy atom. The van der Waals surface area contributed by atoms with Crippen molar-refractivity contribution in [2.45, 2.75) is 18.9 Å². The zero-order valence-electron chi connectivity index (χ0n) is 18.4. The third kappa shape index (κ3) is 7.15. The number of hydrogen-bond donors (Lipinski definition) is 1. The largest absolute Gasteiger partial charge is 0.491 e. The van der Waals surface area contributed by atoms with E-state index in [1.54, 1.807) is 17.0 Å². The van der Waals surface area contributed by atoms with Crippen molar-refractivity contribution in [1.29, 1.82) is 0 Å². The zero-order valence-corrected chi connectivity index (χ0v) is 19.2. The van der Waals surface area contributed by atoms with Gasteiger partial charge in [-0.1, -0.05) is 0 Å². The molecule has 7 nitrogen and oxygen atoms in total. The van der Waals surface area contributed by atoms with Crippen LogP contribution in [0.2, 0.25) is 0 Å². The van der Waals surface area contributed by atoms with E-state index in [9.17, 15) is 14.0 Å². The lowest BCUT2D eigenvalue weighted by molar-refractivity contribution is -0.117. The van der Waals surface area contributed by atoms with Crippen LogP contribution in [-0.4, -0.2) is 73.7 Å². The van der Waals surface area contributed by atoms with Gasteiger partial charge in [0.15, 0.2) is 0 Å². The number of hydrogen-bond acceptors (Lipinski definition) is 5. The Morgan fingerprint density at radius 2 is 1.73 bits per heavy atom. The molecule has 0 bridgehead atoms. The first kappa shape index (κ1) is 25.0. The molecule has 1 N–H and O–H groups in total. The van der Waals surface area contributed by atoms with Crippen molar-refractivity contribution in [2.24, 2.45) is 0 Å². The van der Waals surface area contributed by atoms with Crippen LogP contribution in [0, 0.1) is 5.82 Å². The lowest BCUT2D eigenvalue weighted by Crippen LogP contribution is -2.50. The average Bonchev–Trinajstić information content (AvgIpc) is 3.33. The van der Waals surface area contributed by atoms with Crippen molar-refractivity contribution >= 4 is 29.9 Å². The molecule has 9 heteroatoms. The quantitative estimate of drug-likeness (QED) is 0.663. The normalized spacial score (nSPS) is 18.5. The van der Waals surface area contributed by atoms with Gasteiger partial charge >= 0.3 is 0 Å². The number of halogens is 2. The molecule has 1 unspecified atom stereocenters. The molecule has 4 rings (SSSR count). The molecule has 2 aromatic rings. The molecule has 1 atom stereocenters. The molecular formula is C24H29ClFN3O4. The van der Waals surface area contributed by atoms with Crippen molar-refractivity contribution in [2.75, 3.05) is 51.3 Å².